The Morgan fingerprint density at radius 1 is 1.48 bits per heavy atom. The van der Waals surface area contributed by atoms with Crippen molar-refractivity contribution in [3.63, 3.8) is 0 Å². The number of cyclic esters (lactones) is 1. The molecule has 1 aromatic carbocycles. The highest BCUT2D eigenvalue weighted by molar-refractivity contribution is 5.89. The Hall–Kier alpha value is -2.12. The van der Waals surface area contributed by atoms with E-state index in [2.05, 4.69) is 12.3 Å². The van der Waals surface area contributed by atoms with E-state index in [-0.39, 0.29) is 11.9 Å². The van der Waals surface area contributed by atoms with Crippen molar-refractivity contribution in [3.05, 3.63) is 42.4 Å². The van der Waals surface area contributed by atoms with Crippen molar-refractivity contribution in [1.29, 1.82) is 0 Å². The number of hydrogen-bond acceptors (Lipinski definition) is 5. The van der Waals surface area contributed by atoms with Crippen LogP contribution < -0.4 is 16.5 Å². The molecule has 0 aromatic heterocycles. The number of benzene rings is 1. The zero-order valence-electron chi connectivity index (χ0n) is 14.3. The molecule has 7 heteroatoms. The summed E-state index contributed by atoms with van der Waals surface area (Å²) in [5.74, 6) is 5.22. The number of carbonyl (C=O) groups excluding carboxylic acids is 1. The van der Waals surface area contributed by atoms with Gasteiger partial charge >= 0.3 is 6.09 Å². The van der Waals surface area contributed by atoms with E-state index in [1.807, 2.05) is 13.8 Å². The standard InChI is InChI=1S/C13H16FN3O2.C2H6.CH5N/c1-3-16(15)7-11-8-17(13(18)19-11)10-5-4-9(2)12(14)6-10;2*1-2/h3-6,11H,1,7-8,15H2,2H3;1-2H3;2H2,1H3. The number of nitrogens with zero attached hydrogens (tertiary/aromatic N) is 2. The predicted molar refractivity (Wildman–Crippen MR) is 91.3 cm³/mol. The number of rotatable bonds is 4. The first-order valence-electron chi connectivity index (χ1n) is 7.47. The largest absolute Gasteiger partial charge is 0.442 e. The first-order chi connectivity index (χ1) is 11.0. The molecule has 4 N–H and O–H groups in total. The van der Waals surface area contributed by atoms with Gasteiger partial charge in [0.25, 0.3) is 0 Å². The van der Waals surface area contributed by atoms with E-state index >= 15 is 0 Å². The summed E-state index contributed by atoms with van der Waals surface area (Å²) in [4.78, 5) is 13.1. The molecule has 1 aliphatic heterocycles. The minimum atomic E-state index is -0.495. The lowest BCUT2D eigenvalue weighted by atomic mass is 10.2. The van der Waals surface area contributed by atoms with E-state index in [0.29, 0.717) is 24.3 Å². The van der Waals surface area contributed by atoms with Gasteiger partial charge in [-0.1, -0.05) is 26.5 Å². The van der Waals surface area contributed by atoms with Crippen LogP contribution in [0.4, 0.5) is 14.9 Å². The summed E-state index contributed by atoms with van der Waals surface area (Å²) in [5, 5.41) is 1.34. The van der Waals surface area contributed by atoms with Crippen molar-refractivity contribution in [2.75, 3.05) is 25.0 Å². The third-order valence-corrected chi connectivity index (χ3v) is 2.99. The van der Waals surface area contributed by atoms with Crippen LogP contribution in [0.1, 0.15) is 19.4 Å². The van der Waals surface area contributed by atoms with E-state index < -0.39 is 6.09 Å². The van der Waals surface area contributed by atoms with E-state index in [1.165, 1.54) is 29.2 Å². The maximum atomic E-state index is 13.5. The SMILES string of the molecule is C=CN(N)CC1CN(c2ccc(C)c(F)c2)C(=O)O1.CC.CN. The number of hydrazine groups is 1. The van der Waals surface area contributed by atoms with Gasteiger partial charge < -0.3 is 15.5 Å². The molecule has 0 aliphatic carbocycles. The van der Waals surface area contributed by atoms with Crippen LogP contribution in [0.5, 0.6) is 0 Å². The van der Waals surface area contributed by atoms with Crippen LogP contribution in [0, 0.1) is 12.7 Å². The van der Waals surface area contributed by atoms with Crippen LogP contribution >= 0.6 is 0 Å². The maximum Gasteiger partial charge on any atom is 0.414 e. The summed E-state index contributed by atoms with van der Waals surface area (Å²) in [6, 6.07) is 4.65. The van der Waals surface area contributed by atoms with Crippen molar-refractivity contribution in [2.45, 2.75) is 26.9 Å². The Kier molecular flexibility index (Phi) is 9.60. The molecular weight excluding hydrogens is 299 g/mol. The van der Waals surface area contributed by atoms with Crippen LogP contribution in [-0.2, 0) is 4.74 Å². The summed E-state index contributed by atoms with van der Waals surface area (Å²) in [5.41, 5.74) is 5.52. The van der Waals surface area contributed by atoms with Crippen LogP contribution in [-0.4, -0.2) is 37.3 Å². The average molecular weight is 326 g/mol. The highest BCUT2D eigenvalue weighted by Crippen LogP contribution is 2.23. The Balaban J connectivity index is 0.00000112. The van der Waals surface area contributed by atoms with Gasteiger partial charge in [0, 0.05) is 6.20 Å². The zero-order chi connectivity index (χ0) is 18.0. The summed E-state index contributed by atoms with van der Waals surface area (Å²) in [6.45, 7) is 9.87. The zero-order valence-corrected chi connectivity index (χ0v) is 14.3. The van der Waals surface area contributed by atoms with Crippen LogP contribution in [0.15, 0.2) is 31.0 Å². The molecule has 1 unspecified atom stereocenters. The van der Waals surface area contributed by atoms with Gasteiger partial charge in [0.15, 0.2) is 0 Å². The van der Waals surface area contributed by atoms with Gasteiger partial charge in [-0.15, -0.1) is 0 Å². The molecule has 23 heavy (non-hydrogen) atoms. The number of aryl methyl sites for hydroxylation is 1. The third-order valence-electron chi connectivity index (χ3n) is 2.99. The monoisotopic (exact) mass is 326 g/mol. The highest BCUT2D eigenvalue weighted by atomic mass is 19.1. The summed E-state index contributed by atoms with van der Waals surface area (Å²) >= 11 is 0. The molecule has 1 aromatic rings. The van der Waals surface area contributed by atoms with Crippen molar-refractivity contribution in [3.8, 4) is 0 Å². The number of halogens is 1. The second kappa shape index (κ2) is 10.6. The van der Waals surface area contributed by atoms with E-state index in [4.69, 9.17) is 10.6 Å². The molecule has 0 bridgehead atoms. The van der Waals surface area contributed by atoms with Crippen LogP contribution in [0.2, 0.25) is 0 Å². The van der Waals surface area contributed by atoms with Gasteiger partial charge in [-0.25, -0.2) is 15.0 Å². The van der Waals surface area contributed by atoms with Crippen molar-refractivity contribution in [2.24, 2.45) is 11.6 Å². The van der Waals surface area contributed by atoms with Gasteiger partial charge in [-0.3, -0.25) is 4.90 Å². The molecule has 1 aliphatic rings. The summed E-state index contributed by atoms with van der Waals surface area (Å²) in [6.07, 6.45) is 0.591. The lowest BCUT2D eigenvalue weighted by Crippen LogP contribution is -2.35. The summed E-state index contributed by atoms with van der Waals surface area (Å²) in [7, 11) is 1.50. The molecule has 2 rings (SSSR count). The second-order valence-corrected chi connectivity index (χ2v) is 4.43. The Morgan fingerprint density at radius 3 is 2.61 bits per heavy atom. The summed E-state index contributed by atoms with van der Waals surface area (Å²) < 4.78 is 18.7. The van der Waals surface area contributed by atoms with Crippen molar-refractivity contribution < 1.29 is 13.9 Å². The minimum Gasteiger partial charge on any atom is -0.442 e. The van der Waals surface area contributed by atoms with Crippen molar-refractivity contribution >= 4 is 11.8 Å². The molecule has 1 heterocycles. The fraction of sp³-hybridized carbons (Fsp3) is 0.438. The fourth-order valence-corrected chi connectivity index (χ4v) is 1.89. The molecule has 6 nitrogen and oxygen atoms in total. The number of amides is 1. The smallest absolute Gasteiger partial charge is 0.414 e. The number of nitrogens with two attached hydrogens (primary N) is 2. The molecule has 1 fully saturated rings. The van der Waals surface area contributed by atoms with Crippen LogP contribution in [0.25, 0.3) is 0 Å². The number of carbonyl (C=O) groups is 1. The first-order valence-corrected chi connectivity index (χ1v) is 7.47. The molecule has 130 valence electrons. The van der Waals surface area contributed by atoms with Gasteiger partial charge in [-0.05, 0) is 31.7 Å². The fourth-order valence-electron chi connectivity index (χ4n) is 1.89. The molecule has 0 spiro atoms. The molecule has 1 saturated heterocycles. The van der Waals surface area contributed by atoms with Crippen LogP contribution in [0.3, 0.4) is 0 Å². The van der Waals surface area contributed by atoms with Gasteiger partial charge in [0.05, 0.1) is 18.8 Å². The maximum absolute atomic E-state index is 13.5. The molecular formula is C16H27FN4O2. The molecule has 0 radical (unpaired) electrons. The molecule has 1 amide bonds. The second-order valence-electron chi connectivity index (χ2n) is 4.43. The quantitative estimate of drug-likeness (QED) is 0.655. The number of anilines is 1. The molecule has 0 saturated carbocycles. The minimum absolute atomic E-state index is 0.336. The Bertz CT molecular complexity index is 511. The molecule has 1 atom stereocenters. The number of ether oxygens (including phenoxy) is 1. The first kappa shape index (κ1) is 20.9. The Labute approximate surface area is 137 Å². The number of hydrogen-bond donors (Lipinski definition) is 2. The van der Waals surface area contributed by atoms with E-state index in [9.17, 15) is 9.18 Å². The third kappa shape index (κ3) is 5.88. The normalized spacial score (nSPS) is 15.7. The average Bonchev–Trinajstić information content (AvgIpc) is 2.94. The van der Waals surface area contributed by atoms with Crippen molar-refractivity contribution in [1.82, 2.24) is 5.01 Å². The Morgan fingerprint density at radius 2 is 2.09 bits per heavy atom. The van der Waals surface area contributed by atoms with Gasteiger partial charge in [0.2, 0.25) is 0 Å². The highest BCUT2D eigenvalue weighted by Gasteiger charge is 2.33. The topological polar surface area (TPSA) is 84.8 Å². The van der Waals surface area contributed by atoms with E-state index in [0.717, 1.165) is 0 Å². The predicted octanol–water partition coefficient (Wildman–Crippen LogP) is 2.38. The lowest BCUT2D eigenvalue weighted by molar-refractivity contribution is 0.122. The van der Waals surface area contributed by atoms with Gasteiger partial charge in [0.1, 0.15) is 11.9 Å². The van der Waals surface area contributed by atoms with Gasteiger partial charge in [-0.2, -0.15) is 0 Å². The lowest BCUT2D eigenvalue weighted by Gasteiger charge is -2.17. The van der Waals surface area contributed by atoms with E-state index in [1.54, 1.807) is 19.1 Å².